The number of halogens is 2. The van der Waals surface area contributed by atoms with E-state index >= 15 is 0 Å². The van der Waals surface area contributed by atoms with E-state index in [0.29, 0.717) is 15.6 Å². The Labute approximate surface area is 135 Å². The molecule has 1 amide bonds. The van der Waals surface area contributed by atoms with Gasteiger partial charge in [0.2, 0.25) is 5.91 Å². The van der Waals surface area contributed by atoms with E-state index in [4.69, 9.17) is 23.2 Å². The van der Waals surface area contributed by atoms with Crippen LogP contribution in [0.1, 0.15) is 31.2 Å². The summed E-state index contributed by atoms with van der Waals surface area (Å²) in [7, 11) is 1.73. The summed E-state index contributed by atoms with van der Waals surface area (Å²) in [6.07, 6.45) is 6.36. The van der Waals surface area contributed by atoms with Crippen molar-refractivity contribution in [1.82, 2.24) is 4.90 Å². The largest absolute Gasteiger partial charge is 0.391 e. The van der Waals surface area contributed by atoms with Crippen LogP contribution < -0.4 is 0 Å². The van der Waals surface area contributed by atoms with Gasteiger partial charge in [-0.25, -0.2) is 0 Å². The molecule has 0 radical (unpaired) electrons. The molecule has 1 saturated carbocycles. The Bertz CT molecular complexity index is 545. The summed E-state index contributed by atoms with van der Waals surface area (Å²) < 4.78 is 0. The fourth-order valence-corrected chi connectivity index (χ4v) is 2.99. The predicted molar refractivity (Wildman–Crippen MR) is 86.5 cm³/mol. The lowest BCUT2D eigenvalue weighted by atomic mass is 9.91. The van der Waals surface area contributed by atoms with Crippen molar-refractivity contribution in [3.8, 4) is 0 Å². The Kier molecular flexibility index (Phi) is 5.68. The molecule has 2 atom stereocenters. The van der Waals surface area contributed by atoms with Crippen LogP contribution >= 0.6 is 23.2 Å². The molecule has 114 valence electrons. The number of aliphatic hydroxyl groups is 1. The number of benzene rings is 1. The van der Waals surface area contributed by atoms with Crippen molar-refractivity contribution in [2.75, 3.05) is 7.05 Å². The lowest BCUT2D eigenvalue weighted by molar-refractivity contribution is -0.130. The summed E-state index contributed by atoms with van der Waals surface area (Å²) in [6.45, 7) is 0. The van der Waals surface area contributed by atoms with Gasteiger partial charge in [0, 0.05) is 23.2 Å². The van der Waals surface area contributed by atoms with Crippen LogP contribution in [0.2, 0.25) is 10.0 Å². The molecule has 1 aliphatic rings. The third kappa shape index (κ3) is 4.22. The summed E-state index contributed by atoms with van der Waals surface area (Å²) in [5, 5.41) is 11.1. The van der Waals surface area contributed by atoms with E-state index < -0.39 is 6.10 Å². The van der Waals surface area contributed by atoms with E-state index in [1.54, 1.807) is 36.2 Å². The first-order valence-corrected chi connectivity index (χ1v) is 7.82. The second kappa shape index (κ2) is 7.30. The van der Waals surface area contributed by atoms with Gasteiger partial charge in [-0.1, -0.05) is 36.0 Å². The number of nitrogens with zero attached hydrogens (tertiary/aromatic N) is 1. The zero-order valence-corrected chi connectivity index (χ0v) is 13.4. The quantitative estimate of drug-likeness (QED) is 0.858. The molecule has 0 aromatic heterocycles. The molecule has 2 unspecified atom stereocenters. The van der Waals surface area contributed by atoms with Crippen molar-refractivity contribution in [3.63, 3.8) is 0 Å². The highest BCUT2D eigenvalue weighted by Gasteiger charge is 2.28. The van der Waals surface area contributed by atoms with Gasteiger partial charge in [0.1, 0.15) is 0 Å². The molecule has 5 heteroatoms. The van der Waals surface area contributed by atoms with Crippen LogP contribution in [0, 0.1) is 0 Å². The molecule has 0 saturated heterocycles. The van der Waals surface area contributed by atoms with Crippen molar-refractivity contribution in [2.24, 2.45) is 0 Å². The van der Waals surface area contributed by atoms with Crippen LogP contribution in [0.25, 0.3) is 6.08 Å². The number of rotatable bonds is 3. The Balaban J connectivity index is 2.06. The summed E-state index contributed by atoms with van der Waals surface area (Å²) in [4.78, 5) is 13.8. The maximum Gasteiger partial charge on any atom is 0.246 e. The van der Waals surface area contributed by atoms with Crippen LogP contribution in [0.15, 0.2) is 24.3 Å². The highest BCUT2D eigenvalue weighted by molar-refractivity contribution is 6.34. The maximum absolute atomic E-state index is 12.2. The van der Waals surface area contributed by atoms with Gasteiger partial charge in [-0.3, -0.25) is 4.79 Å². The fourth-order valence-electron chi connectivity index (χ4n) is 2.63. The van der Waals surface area contributed by atoms with Gasteiger partial charge in [0.05, 0.1) is 12.1 Å². The third-order valence-corrected chi connectivity index (χ3v) is 4.48. The van der Waals surface area contributed by atoms with Gasteiger partial charge in [-0.2, -0.15) is 0 Å². The third-order valence-electron chi connectivity index (χ3n) is 3.90. The van der Waals surface area contributed by atoms with Crippen LogP contribution in [-0.4, -0.2) is 35.1 Å². The minimum absolute atomic E-state index is 0.106. The van der Waals surface area contributed by atoms with E-state index in [-0.39, 0.29) is 11.9 Å². The van der Waals surface area contributed by atoms with E-state index in [9.17, 15) is 9.90 Å². The van der Waals surface area contributed by atoms with Gasteiger partial charge in [0.15, 0.2) is 0 Å². The Hall–Kier alpha value is -1.03. The van der Waals surface area contributed by atoms with E-state index in [1.165, 1.54) is 6.08 Å². The van der Waals surface area contributed by atoms with Crippen LogP contribution in [0.4, 0.5) is 0 Å². The molecule has 1 aromatic rings. The predicted octanol–water partition coefficient (Wildman–Crippen LogP) is 3.77. The van der Waals surface area contributed by atoms with Crippen molar-refractivity contribution >= 4 is 35.2 Å². The van der Waals surface area contributed by atoms with Crippen LogP contribution in [0.3, 0.4) is 0 Å². The first-order chi connectivity index (χ1) is 9.99. The number of likely N-dealkylation sites (N-methyl/N-ethyl adjacent to an activating group) is 1. The summed E-state index contributed by atoms with van der Waals surface area (Å²) in [6, 6.07) is 5.00. The normalized spacial score (nSPS) is 22.5. The van der Waals surface area contributed by atoms with Gasteiger partial charge in [-0.05, 0) is 42.7 Å². The minimum atomic E-state index is -0.434. The molecule has 0 aliphatic heterocycles. The highest BCUT2D eigenvalue weighted by atomic mass is 35.5. The van der Waals surface area contributed by atoms with E-state index in [2.05, 4.69) is 0 Å². The molecule has 0 bridgehead atoms. The molecule has 1 N–H and O–H groups in total. The SMILES string of the molecule is CN(C(=O)/C=C/c1cc(Cl)ccc1Cl)C1CCCCC1O. The fraction of sp³-hybridized carbons (Fsp3) is 0.438. The van der Waals surface area contributed by atoms with Gasteiger partial charge in [-0.15, -0.1) is 0 Å². The highest BCUT2D eigenvalue weighted by Crippen LogP contribution is 2.24. The molecule has 2 rings (SSSR count). The minimum Gasteiger partial charge on any atom is -0.391 e. The second-order valence-corrected chi connectivity index (χ2v) is 6.21. The number of amides is 1. The molecular weight excluding hydrogens is 309 g/mol. The summed E-state index contributed by atoms with van der Waals surface area (Å²) in [5.74, 6) is -0.142. The molecule has 1 fully saturated rings. The molecule has 0 heterocycles. The number of hydrogen-bond acceptors (Lipinski definition) is 2. The van der Waals surface area contributed by atoms with Crippen molar-refractivity contribution in [3.05, 3.63) is 39.9 Å². The average Bonchev–Trinajstić information content (AvgIpc) is 2.47. The van der Waals surface area contributed by atoms with E-state index in [0.717, 1.165) is 25.7 Å². The standard InChI is InChI=1S/C16H19Cl2NO2/c1-19(14-4-2-3-5-15(14)20)16(21)9-6-11-10-12(17)7-8-13(11)18/h6-10,14-15,20H,2-5H2,1H3/b9-6+. The summed E-state index contributed by atoms with van der Waals surface area (Å²) in [5.41, 5.74) is 0.704. The Morgan fingerprint density at radius 3 is 2.76 bits per heavy atom. The first-order valence-electron chi connectivity index (χ1n) is 7.07. The lowest BCUT2D eigenvalue weighted by Crippen LogP contribution is -2.45. The first kappa shape index (κ1) is 16.3. The number of carbonyl (C=O) groups excluding carboxylic acids is 1. The van der Waals surface area contributed by atoms with Gasteiger partial charge in [0.25, 0.3) is 0 Å². The topological polar surface area (TPSA) is 40.5 Å². The van der Waals surface area contributed by atoms with Crippen LogP contribution in [-0.2, 0) is 4.79 Å². The molecule has 3 nitrogen and oxygen atoms in total. The zero-order chi connectivity index (χ0) is 15.4. The Morgan fingerprint density at radius 2 is 2.05 bits per heavy atom. The van der Waals surface area contributed by atoms with Crippen LogP contribution in [0.5, 0.6) is 0 Å². The number of hydrogen-bond donors (Lipinski definition) is 1. The molecule has 21 heavy (non-hydrogen) atoms. The second-order valence-electron chi connectivity index (χ2n) is 5.37. The van der Waals surface area contributed by atoms with Crippen molar-refractivity contribution < 1.29 is 9.90 Å². The smallest absolute Gasteiger partial charge is 0.246 e. The molecule has 1 aliphatic carbocycles. The monoisotopic (exact) mass is 327 g/mol. The molecule has 1 aromatic carbocycles. The zero-order valence-electron chi connectivity index (χ0n) is 11.9. The Morgan fingerprint density at radius 1 is 1.33 bits per heavy atom. The van der Waals surface area contributed by atoms with Crippen molar-refractivity contribution in [2.45, 2.75) is 37.8 Å². The van der Waals surface area contributed by atoms with Crippen molar-refractivity contribution in [1.29, 1.82) is 0 Å². The number of carbonyl (C=O) groups is 1. The van der Waals surface area contributed by atoms with Gasteiger partial charge >= 0.3 is 0 Å². The summed E-state index contributed by atoms with van der Waals surface area (Å²) >= 11 is 12.0. The lowest BCUT2D eigenvalue weighted by Gasteiger charge is -2.34. The maximum atomic E-state index is 12.2. The molecular formula is C16H19Cl2NO2. The average molecular weight is 328 g/mol. The molecule has 0 spiro atoms. The van der Waals surface area contributed by atoms with E-state index in [1.807, 2.05) is 0 Å². The number of aliphatic hydroxyl groups excluding tert-OH is 1. The van der Waals surface area contributed by atoms with Gasteiger partial charge < -0.3 is 10.0 Å².